The van der Waals surface area contributed by atoms with Crippen molar-refractivity contribution in [3.8, 4) is 0 Å². The highest BCUT2D eigenvalue weighted by molar-refractivity contribution is 5.93. The van der Waals surface area contributed by atoms with E-state index in [0.29, 0.717) is 5.69 Å². The van der Waals surface area contributed by atoms with Crippen LogP contribution in [0.25, 0.3) is 0 Å². The molecule has 0 unspecified atom stereocenters. The van der Waals surface area contributed by atoms with Gasteiger partial charge >= 0.3 is 12.0 Å². The van der Waals surface area contributed by atoms with E-state index in [2.05, 4.69) is 10.6 Å². The van der Waals surface area contributed by atoms with Crippen LogP contribution in [0.1, 0.15) is 11.1 Å². The van der Waals surface area contributed by atoms with E-state index in [1.165, 1.54) is 0 Å². The predicted molar refractivity (Wildman–Crippen MR) is 66.6 cm³/mol. The summed E-state index contributed by atoms with van der Waals surface area (Å²) in [7, 11) is 0. The number of anilines is 1. The van der Waals surface area contributed by atoms with Crippen LogP contribution in [0, 0.1) is 13.8 Å². The average molecular weight is 252 g/mol. The van der Waals surface area contributed by atoms with Gasteiger partial charge in [-0.3, -0.25) is 0 Å². The number of carboxylic acids is 1. The number of urea groups is 1. The summed E-state index contributed by atoms with van der Waals surface area (Å²) in [6.07, 6.45) is 0. The molecule has 1 rings (SSSR count). The number of para-hydroxylation sites is 1. The van der Waals surface area contributed by atoms with Crippen molar-refractivity contribution >= 4 is 17.7 Å². The van der Waals surface area contributed by atoms with Gasteiger partial charge in [-0.15, -0.1) is 0 Å². The molecule has 18 heavy (non-hydrogen) atoms. The molecule has 0 aromatic heterocycles. The van der Waals surface area contributed by atoms with Crippen molar-refractivity contribution in [3.63, 3.8) is 0 Å². The zero-order valence-electron chi connectivity index (χ0n) is 10.2. The largest absolute Gasteiger partial charge is 0.480 e. The van der Waals surface area contributed by atoms with E-state index in [1.807, 2.05) is 32.0 Å². The van der Waals surface area contributed by atoms with Gasteiger partial charge in [0, 0.05) is 5.69 Å². The van der Waals surface area contributed by atoms with E-state index in [4.69, 9.17) is 10.2 Å². The van der Waals surface area contributed by atoms with Crippen LogP contribution in [-0.2, 0) is 4.79 Å². The van der Waals surface area contributed by atoms with Gasteiger partial charge < -0.3 is 20.8 Å². The second kappa shape index (κ2) is 6.02. The van der Waals surface area contributed by atoms with Crippen molar-refractivity contribution in [2.45, 2.75) is 19.9 Å². The Balaban J connectivity index is 2.73. The number of aryl methyl sites for hydroxylation is 2. The number of carboxylic acid groups (broad SMARTS) is 1. The third kappa shape index (κ3) is 3.46. The van der Waals surface area contributed by atoms with E-state index in [9.17, 15) is 9.59 Å². The van der Waals surface area contributed by atoms with Crippen molar-refractivity contribution in [1.29, 1.82) is 0 Å². The summed E-state index contributed by atoms with van der Waals surface area (Å²) in [5.74, 6) is -1.28. The number of hydrogen-bond acceptors (Lipinski definition) is 3. The van der Waals surface area contributed by atoms with Gasteiger partial charge in [0.1, 0.15) is 0 Å². The summed E-state index contributed by atoms with van der Waals surface area (Å²) in [5, 5.41) is 22.2. The van der Waals surface area contributed by atoms with Crippen LogP contribution in [0.2, 0.25) is 0 Å². The quantitative estimate of drug-likeness (QED) is 0.639. The molecule has 0 aliphatic heterocycles. The number of hydrogen-bond donors (Lipinski definition) is 4. The molecule has 0 aliphatic rings. The van der Waals surface area contributed by atoms with Gasteiger partial charge in [0.05, 0.1) is 6.61 Å². The van der Waals surface area contributed by atoms with Gasteiger partial charge in [-0.1, -0.05) is 18.2 Å². The van der Waals surface area contributed by atoms with E-state index < -0.39 is 24.6 Å². The summed E-state index contributed by atoms with van der Waals surface area (Å²) < 4.78 is 0. The van der Waals surface area contributed by atoms with Crippen LogP contribution >= 0.6 is 0 Å². The first kappa shape index (κ1) is 14.0. The van der Waals surface area contributed by atoms with E-state index in [-0.39, 0.29) is 0 Å². The normalized spacial score (nSPS) is 11.7. The minimum atomic E-state index is -1.31. The smallest absolute Gasteiger partial charge is 0.328 e. The fraction of sp³-hybridized carbons (Fsp3) is 0.333. The second-order valence-electron chi connectivity index (χ2n) is 3.94. The lowest BCUT2D eigenvalue weighted by Crippen LogP contribution is -2.45. The standard InChI is InChI=1S/C12H16N2O4/c1-7-4-3-5-8(2)10(7)14-12(18)13-9(6-15)11(16)17/h3-5,9,15H,6H2,1-2H3,(H,16,17)(H2,13,14,18)/t9-/m1/s1. The van der Waals surface area contributed by atoms with Crippen LogP contribution in [0.3, 0.4) is 0 Å². The van der Waals surface area contributed by atoms with Crippen LogP contribution in [0.4, 0.5) is 10.5 Å². The summed E-state index contributed by atoms with van der Waals surface area (Å²) >= 11 is 0. The van der Waals surface area contributed by atoms with E-state index >= 15 is 0 Å². The van der Waals surface area contributed by atoms with Gasteiger partial charge in [-0.2, -0.15) is 0 Å². The molecule has 98 valence electrons. The number of amides is 2. The number of aliphatic carboxylic acids is 1. The summed E-state index contributed by atoms with van der Waals surface area (Å²) in [6, 6.07) is 3.57. The number of rotatable bonds is 4. The molecule has 2 amide bonds. The Morgan fingerprint density at radius 2 is 1.83 bits per heavy atom. The summed E-state index contributed by atoms with van der Waals surface area (Å²) in [4.78, 5) is 22.2. The highest BCUT2D eigenvalue weighted by Gasteiger charge is 2.19. The molecule has 4 N–H and O–H groups in total. The van der Waals surface area contributed by atoms with E-state index in [0.717, 1.165) is 11.1 Å². The number of carbonyl (C=O) groups is 2. The highest BCUT2D eigenvalue weighted by atomic mass is 16.4. The minimum Gasteiger partial charge on any atom is -0.480 e. The molecule has 0 bridgehead atoms. The lowest BCUT2D eigenvalue weighted by atomic mass is 10.1. The average Bonchev–Trinajstić information content (AvgIpc) is 2.30. The maximum Gasteiger partial charge on any atom is 0.328 e. The van der Waals surface area contributed by atoms with Gasteiger partial charge in [-0.25, -0.2) is 9.59 Å². The van der Waals surface area contributed by atoms with Crippen LogP contribution < -0.4 is 10.6 Å². The lowest BCUT2D eigenvalue weighted by molar-refractivity contribution is -0.140. The Kier molecular flexibility index (Phi) is 4.67. The lowest BCUT2D eigenvalue weighted by Gasteiger charge is -2.15. The van der Waals surface area contributed by atoms with Crippen molar-refractivity contribution in [2.75, 3.05) is 11.9 Å². The fourth-order valence-corrected chi connectivity index (χ4v) is 1.50. The molecule has 0 aliphatic carbocycles. The molecule has 0 saturated carbocycles. The SMILES string of the molecule is Cc1cccc(C)c1NC(=O)N[C@H](CO)C(=O)O. The van der Waals surface area contributed by atoms with Crippen molar-refractivity contribution in [3.05, 3.63) is 29.3 Å². The molecule has 1 aromatic rings. The summed E-state index contributed by atoms with van der Waals surface area (Å²) in [5.41, 5.74) is 2.39. The van der Waals surface area contributed by atoms with Gasteiger partial charge in [0.15, 0.2) is 6.04 Å². The van der Waals surface area contributed by atoms with Gasteiger partial charge in [0.2, 0.25) is 0 Å². The van der Waals surface area contributed by atoms with Gasteiger partial charge in [-0.05, 0) is 25.0 Å². The van der Waals surface area contributed by atoms with Crippen molar-refractivity contribution < 1.29 is 19.8 Å². The Morgan fingerprint density at radius 3 is 2.28 bits per heavy atom. The third-order valence-electron chi connectivity index (χ3n) is 2.51. The first-order valence-corrected chi connectivity index (χ1v) is 5.43. The molecule has 1 atom stereocenters. The van der Waals surface area contributed by atoms with Gasteiger partial charge in [0.25, 0.3) is 0 Å². The van der Waals surface area contributed by atoms with Crippen LogP contribution in [-0.4, -0.2) is 34.9 Å². The molecule has 0 fully saturated rings. The maximum atomic E-state index is 11.6. The predicted octanol–water partition coefficient (Wildman–Crippen LogP) is 0.870. The third-order valence-corrected chi connectivity index (χ3v) is 2.51. The molecule has 0 spiro atoms. The van der Waals surface area contributed by atoms with Crippen LogP contribution in [0.15, 0.2) is 18.2 Å². The molecule has 0 radical (unpaired) electrons. The maximum absolute atomic E-state index is 11.6. The van der Waals surface area contributed by atoms with Crippen molar-refractivity contribution in [2.24, 2.45) is 0 Å². The van der Waals surface area contributed by atoms with Crippen LogP contribution in [0.5, 0.6) is 0 Å². The number of aliphatic hydroxyl groups excluding tert-OH is 1. The highest BCUT2D eigenvalue weighted by Crippen LogP contribution is 2.18. The molecule has 0 saturated heterocycles. The monoisotopic (exact) mass is 252 g/mol. The Morgan fingerprint density at radius 1 is 1.28 bits per heavy atom. The molecule has 0 heterocycles. The zero-order chi connectivity index (χ0) is 13.7. The molecular weight excluding hydrogens is 236 g/mol. The number of benzene rings is 1. The van der Waals surface area contributed by atoms with Crippen molar-refractivity contribution in [1.82, 2.24) is 5.32 Å². The topological polar surface area (TPSA) is 98.7 Å². The second-order valence-corrected chi connectivity index (χ2v) is 3.94. The first-order chi connectivity index (χ1) is 8.45. The van der Waals surface area contributed by atoms with E-state index in [1.54, 1.807) is 0 Å². The number of nitrogens with one attached hydrogen (secondary N) is 2. The minimum absolute atomic E-state index is 0.636. The first-order valence-electron chi connectivity index (χ1n) is 5.43. The molecule has 1 aromatic carbocycles. The Bertz CT molecular complexity index is 439. The molecular formula is C12H16N2O4. The Hall–Kier alpha value is -2.08. The summed E-state index contributed by atoms with van der Waals surface area (Å²) in [6.45, 7) is 3.02. The fourth-order valence-electron chi connectivity index (χ4n) is 1.50. The molecule has 6 heteroatoms. The Labute approximate surface area is 105 Å². The zero-order valence-corrected chi connectivity index (χ0v) is 10.2. The number of carbonyl (C=O) groups excluding carboxylic acids is 1. The molecule has 6 nitrogen and oxygen atoms in total. The number of aliphatic hydroxyl groups is 1.